The van der Waals surface area contributed by atoms with E-state index in [2.05, 4.69) is 5.32 Å². The molecule has 1 heterocycles. The summed E-state index contributed by atoms with van der Waals surface area (Å²) in [4.78, 5) is 23.8. The second-order valence-corrected chi connectivity index (χ2v) is 3.62. The third kappa shape index (κ3) is 2.04. The molecule has 2 N–H and O–H groups in total. The molecule has 84 valence electrons. The Morgan fingerprint density at radius 3 is 2.69 bits per heavy atom. The minimum Gasteiger partial charge on any atom is -0.392 e. The van der Waals surface area contributed by atoms with Crippen molar-refractivity contribution >= 4 is 11.9 Å². The summed E-state index contributed by atoms with van der Waals surface area (Å²) < 4.78 is 0. The third-order valence-electron chi connectivity index (χ3n) is 2.45. The lowest BCUT2D eigenvalue weighted by Gasteiger charge is -2.12. The molecule has 2 rings (SSSR count). The van der Waals surface area contributed by atoms with Crippen LogP contribution in [0.25, 0.3) is 0 Å². The van der Waals surface area contributed by atoms with Crippen molar-refractivity contribution in [2.75, 3.05) is 6.54 Å². The number of carbonyl (C=O) groups is 2. The summed E-state index contributed by atoms with van der Waals surface area (Å²) in [7, 11) is 0. The fourth-order valence-electron chi connectivity index (χ4n) is 1.62. The number of aliphatic hydroxyl groups is 1. The van der Waals surface area contributed by atoms with Gasteiger partial charge in [-0.25, -0.2) is 4.79 Å². The largest absolute Gasteiger partial charge is 0.392 e. The molecule has 1 aromatic rings. The van der Waals surface area contributed by atoms with Gasteiger partial charge in [0.1, 0.15) is 0 Å². The normalized spacial score (nSPS) is 15.4. The molecule has 0 radical (unpaired) electrons. The molecule has 0 spiro atoms. The molecule has 1 aromatic carbocycles. The first-order valence-corrected chi connectivity index (χ1v) is 4.97. The first-order valence-electron chi connectivity index (χ1n) is 4.97. The Labute approximate surface area is 92.7 Å². The van der Waals surface area contributed by atoms with Gasteiger partial charge in [0, 0.05) is 0 Å². The van der Waals surface area contributed by atoms with Gasteiger partial charge < -0.3 is 10.4 Å². The van der Waals surface area contributed by atoms with E-state index in [4.69, 9.17) is 5.11 Å². The lowest BCUT2D eigenvalue weighted by Crippen LogP contribution is -2.30. The number of urea groups is 1. The molecule has 5 heteroatoms. The average molecular weight is 220 g/mol. The summed E-state index contributed by atoms with van der Waals surface area (Å²) in [5, 5.41) is 11.4. The number of amides is 3. The lowest BCUT2D eigenvalue weighted by atomic mass is 10.1. The molecule has 0 saturated carbocycles. The Kier molecular flexibility index (Phi) is 2.87. The molecule has 0 unspecified atom stereocenters. The van der Waals surface area contributed by atoms with Gasteiger partial charge in [0.25, 0.3) is 0 Å². The van der Waals surface area contributed by atoms with Crippen molar-refractivity contribution in [3.63, 3.8) is 0 Å². The van der Waals surface area contributed by atoms with Crippen molar-refractivity contribution in [3.05, 3.63) is 35.4 Å². The molecule has 0 bridgehead atoms. The smallest absolute Gasteiger partial charge is 0.324 e. The van der Waals surface area contributed by atoms with Crippen molar-refractivity contribution < 1.29 is 14.7 Å². The first kappa shape index (κ1) is 10.6. The van der Waals surface area contributed by atoms with E-state index < -0.39 is 0 Å². The van der Waals surface area contributed by atoms with Crippen LogP contribution in [0.2, 0.25) is 0 Å². The van der Waals surface area contributed by atoms with Gasteiger partial charge >= 0.3 is 6.03 Å². The molecule has 1 fully saturated rings. The van der Waals surface area contributed by atoms with Crippen LogP contribution in [-0.4, -0.2) is 28.5 Å². The topological polar surface area (TPSA) is 69.6 Å². The predicted octanol–water partition coefficient (Wildman–Crippen LogP) is 0.231. The van der Waals surface area contributed by atoms with Crippen LogP contribution in [0.4, 0.5) is 4.79 Å². The highest BCUT2D eigenvalue weighted by Crippen LogP contribution is 2.10. The minimum atomic E-state index is -0.362. The van der Waals surface area contributed by atoms with Crippen LogP contribution in [0.15, 0.2) is 24.3 Å². The molecule has 0 atom stereocenters. The molecule has 1 aliphatic heterocycles. The highest BCUT2D eigenvalue weighted by atomic mass is 16.3. The van der Waals surface area contributed by atoms with Crippen LogP contribution < -0.4 is 5.32 Å². The first-order chi connectivity index (χ1) is 7.70. The van der Waals surface area contributed by atoms with Crippen molar-refractivity contribution in [3.8, 4) is 0 Å². The Bertz CT molecular complexity index is 415. The van der Waals surface area contributed by atoms with E-state index in [1.807, 2.05) is 6.07 Å². The van der Waals surface area contributed by atoms with Crippen LogP contribution in [0.1, 0.15) is 11.1 Å². The van der Waals surface area contributed by atoms with Crippen LogP contribution >= 0.6 is 0 Å². The molecular weight excluding hydrogens is 208 g/mol. The highest BCUT2D eigenvalue weighted by Gasteiger charge is 2.28. The highest BCUT2D eigenvalue weighted by molar-refractivity contribution is 6.01. The summed E-state index contributed by atoms with van der Waals surface area (Å²) >= 11 is 0. The van der Waals surface area contributed by atoms with Gasteiger partial charge in [-0.3, -0.25) is 9.69 Å². The number of hydrogen-bond donors (Lipinski definition) is 2. The van der Waals surface area contributed by atoms with Crippen LogP contribution in [-0.2, 0) is 17.9 Å². The second-order valence-electron chi connectivity index (χ2n) is 3.62. The SMILES string of the molecule is O=C1CNC(=O)N1Cc1cccc(CO)c1. The Morgan fingerprint density at radius 1 is 1.31 bits per heavy atom. The zero-order valence-electron chi connectivity index (χ0n) is 8.64. The van der Waals surface area contributed by atoms with Crippen molar-refractivity contribution in [1.29, 1.82) is 0 Å². The number of aliphatic hydroxyl groups excluding tert-OH is 1. The second kappa shape index (κ2) is 4.32. The predicted molar refractivity (Wildman–Crippen MR) is 56.3 cm³/mol. The van der Waals surface area contributed by atoms with Crippen LogP contribution in [0, 0.1) is 0 Å². The van der Waals surface area contributed by atoms with Crippen molar-refractivity contribution in [1.82, 2.24) is 10.2 Å². The molecule has 1 saturated heterocycles. The van der Waals surface area contributed by atoms with E-state index in [-0.39, 0.29) is 31.6 Å². The molecule has 3 amide bonds. The molecule has 0 aliphatic carbocycles. The van der Waals surface area contributed by atoms with E-state index in [1.54, 1.807) is 18.2 Å². The number of imide groups is 1. The van der Waals surface area contributed by atoms with E-state index in [1.165, 1.54) is 0 Å². The molecule has 0 aromatic heterocycles. The Morgan fingerprint density at radius 2 is 2.06 bits per heavy atom. The van der Waals surface area contributed by atoms with E-state index in [9.17, 15) is 9.59 Å². The maximum Gasteiger partial charge on any atom is 0.324 e. The van der Waals surface area contributed by atoms with E-state index in [0.717, 1.165) is 16.0 Å². The number of rotatable bonds is 3. The fourth-order valence-corrected chi connectivity index (χ4v) is 1.62. The van der Waals surface area contributed by atoms with Gasteiger partial charge in [0.05, 0.1) is 19.7 Å². The monoisotopic (exact) mass is 220 g/mol. The van der Waals surface area contributed by atoms with Gasteiger partial charge in [-0.05, 0) is 11.1 Å². The summed E-state index contributed by atoms with van der Waals surface area (Å²) in [6.07, 6.45) is 0. The van der Waals surface area contributed by atoms with Gasteiger partial charge in [0.15, 0.2) is 0 Å². The number of hydrogen-bond acceptors (Lipinski definition) is 3. The third-order valence-corrected chi connectivity index (χ3v) is 2.45. The standard InChI is InChI=1S/C11H12N2O3/c14-7-9-3-1-2-8(4-9)6-13-10(15)5-12-11(13)16/h1-4,14H,5-7H2,(H,12,16). The zero-order chi connectivity index (χ0) is 11.5. The molecule has 5 nitrogen and oxygen atoms in total. The fraction of sp³-hybridized carbons (Fsp3) is 0.273. The Balaban J connectivity index is 2.14. The minimum absolute atomic E-state index is 0.0476. The average Bonchev–Trinajstić information content (AvgIpc) is 2.61. The summed E-state index contributed by atoms with van der Waals surface area (Å²) in [5.74, 6) is -0.223. The summed E-state index contributed by atoms with van der Waals surface area (Å²) in [6, 6.07) is 6.81. The van der Waals surface area contributed by atoms with Crippen LogP contribution in [0.5, 0.6) is 0 Å². The maximum atomic E-state index is 11.3. The number of nitrogens with zero attached hydrogens (tertiary/aromatic N) is 1. The number of carbonyl (C=O) groups excluding carboxylic acids is 2. The van der Waals surface area contributed by atoms with Crippen molar-refractivity contribution in [2.24, 2.45) is 0 Å². The molecular formula is C11H12N2O3. The van der Waals surface area contributed by atoms with E-state index >= 15 is 0 Å². The maximum absolute atomic E-state index is 11.3. The zero-order valence-corrected chi connectivity index (χ0v) is 8.64. The lowest BCUT2D eigenvalue weighted by molar-refractivity contribution is -0.125. The quantitative estimate of drug-likeness (QED) is 0.716. The molecule has 1 aliphatic rings. The Hall–Kier alpha value is -1.88. The molecule has 16 heavy (non-hydrogen) atoms. The van der Waals surface area contributed by atoms with Gasteiger partial charge in [-0.1, -0.05) is 24.3 Å². The number of nitrogens with one attached hydrogen (secondary N) is 1. The van der Waals surface area contributed by atoms with Crippen molar-refractivity contribution in [2.45, 2.75) is 13.2 Å². The van der Waals surface area contributed by atoms with Gasteiger partial charge in [-0.2, -0.15) is 0 Å². The summed E-state index contributed by atoms with van der Waals surface area (Å²) in [5.41, 5.74) is 1.60. The van der Waals surface area contributed by atoms with Gasteiger partial charge in [0.2, 0.25) is 5.91 Å². The summed E-state index contributed by atoms with van der Waals surface area (Å²) in [6.45, 7) is 0.269. The van der Waals surface area contributed by atoms with Gasteiger partial charge in [-0.15, -0.1) is 0 Å². The van der Waals surface area contributed by atoms with Crippen LogP contribution in [0.3, 0.4) is 0 Å². The number of benzene rings is 1. The van der Waals surface area contributed by atoms with E-state index in [0.29, 0.717) is 0 Å².